The predicted molar refractivity (Wildman–Crippen MR) is 100 cm³/mol. The fourth-order valence-corrected chi connectivity index (χ4v) is 5.77. The summed E-state index contributed by atoms with van der Waals surface area (Å²) in [6.45, 7) is 10.2. The number of hydrogen-bond donors (Lipinski definition) is 0. The molecule has 0 radical (unpaired) electrons. The summed E-state index contributed by atoms with van der Waals surface area (Å²) in [6, 6.07) is 0. The van der Waals surface area contributed by atoms with Crippen LogP contribution in [0.3, 0.4) is 0 Å². The maximum atomic E-state index is 12.5. The highest BCUT2D eigenvalue weighted by atomic mass is 16.6. The van der Waals surface area contributed by atoms with E-state index in [1.165, 1.54) is 32.1 Å². The molecule has 4 heteroatoms. The first-order valence-electron chi connectivity index (χ1n) is 10.5. The van der Waals surface area contributed by atoms with E-state index in [9.17, 15) is 9.59 Å². The Kier molecular flexibility index (Phi) is 5.43. The largest absolute Gasteiger partial charge is 0.465 e. The van der Waals surface area contributed by atoms with E-state index in [1.807, 2.05) is 27.7 Å². The third kappa shape index (κ3) is 3.66. The zero-order valence-electron chi connectivity index (χ0n) is 17.2. The quantitative estimate of drug-likeness (QED) is 0.638. The summed E-state index contributed by atoms with van der Waals surface area (Å²) in [7, 11) is 0. The lowest BCUT2D eigenvalue weighted by molar-refractivity contribution is -0.211. The highest BCUT2D eigenvalue weighted by Gasteiger charge is 2.58. The molecule has 1 atom stereocenters. The molecular formula is C22H36O4. The molecule has 4 saturated carbocycles. The van der Waals surface area contributed by atoms with Gasteiger partial charge in [-0.25, -0.2) is 0 Å². The molecule has 4 fully saturated rings. The van der Waals surface area contributed by atoms with Crippen molar-refractivity contribution in [3.05, 3.63) is 0 Å². The molecule has 0 saturated heterocycles. The molecule has 0 aromatic heterocycles. The van der Waals surface area contributed by atoms with Gasteiger partial charge in [0.05, 0.1) is 12.3 Å². The minimum atomic E-state index is -0.257. The summed E-state index contributed by atoms with van der Waals surface area (Å²) >= 11 is 0. The maximum Gasteiger partial charge on any atom is 0.309 e. The molecule has 0 aromatic rings. The van der Waals surface area contributed by atoms with E-state index < -0.39 is 0 Å². The van der Waals surface area contributed by atoms with Gasteiger partial charge in [0.15, 0.2) is 0 Å². The molecule has 0 N–H and O–H groups in total. The minimum Gasteiger partial charge on any atom is -0.465 e. The zero-order chi connectivity index (χ0) is 19.1. The van der Waals surface area contributed by atoms with Gasteiger partial charge in [-0.1, -0.05) is 34.6 Å². The predicted octanol–water partition coefficient (Wildman–Crippen LogP) is 4.75. The third-order valence-corrected chi connectivity index (χ3v) is 7.58. The second kappa shape index (κ2) is 7.16. The number of rotatable bonds is 6. The molecule has 148 valence electrons. The average molecular weight is 365 g/mol. The van der Waals surface area contributed by atoms with Crippen LogP contribution in [0.1, 0.15) is 79.6 Å². The van der Waals surface area contributed by atoms with Crippen molar-refractivity contribution in [3.63, 3.8) is 0 Å². The van der Waals surface area contributed by atoms with Crippen LogP contribution >= 0.6 is 0 Å². The van der Waals surface area contributed by atoms with Crippen molar-refractivity contribution in [1.29, 1.82) is 0 Å². The lowest BCUT2D eigenvalue weighted by atomic mass is 9.49. The molecule has 4 bridgehead atoms. The van der Waals surface area contributed by atoms with Crippen LogP contribution in [0.25, 0.3) is 0 Å². The first kappa shape index (κ1) is 19.7. The van der Waals surface area contributed by atoms with E-state index in [0.29, 0.717) is 11.8 Å². The highest BCUT2D eigenvalue weighted by molar-refractivity contribution is 5.74. The van der Waals surface area contributed by atoms with Crippen LogP contribution in [0.4, 0.5) is 0 Å². The molecule has 0 amide bonds. The molecule has 4 aliphatic rings. The first-order chi connectivity index (χ1) is 12.2. The summed E-state index contributed by atoms with van der Waals surface area (Å²) in [5.74, 6) is 2.17. The van der Waals surface area contributed by atoms with Gasteiger partial charge in [0.25, 0.3) is 0 Å². The number of hydrogen-bond acceptors (Lipinski definition) is 4. The Labute approximate surface area is 158 Å². The monoisotopic (exact) mass is 364 g/mol. The molecule has 4 rings (SSSR count). The Morgan fingerprint density at radius 1 is 1.04 bits per heavy atom. The average Bonchev–Trinajstić information content (AvgIpc) is 2.56. The molecule has 0 spiro atoms. The standard InChI is InChI=1S/C22H36O4/c1-6-22(17-10-15-9-16(12-17)13-18(22)11-15)26-19(23)7-8-25-20(24)14(2)21(3,4)5/h14-18H,6-13H2,1-5H3. The third-order valence-electron chi connectivity index (χ3n) is 7.58. The van der Waals surface area contributed by atoms with Crippen molar-refractivity contribution in [3.8, 4) is 0 Å². The molecule has 0 aromatic carbocycles. The molecule has 1 unspecified atom stereocenters. The van der Waals surface area contributed by atoms with Crippen molar-refractivity contribution in [1.82, 2.24) is 0 Å². The smallest absolute Gasteiger partial charge is 0.309 e. The Morgan fingerprint density at radius 2 is 1.58 bits per heavy atom. The van der Waals surface area contributed by atoms with Crippen LogP contribution in [-0.2, 0) is 19.1 Å². The Balaban J connectivity index is 1.52. The highest BCUT2D eigenvalue weighted by Crippen LogP contribution is 2.60. The van der Waals surface area contributed by atoms with Crippen molar-refractivity contribution >= 4 is 11.9 Å². The minimum absolute atomic E-state index is 0.123. The van der Waals surface area contributed by atoms with E-state index in [2.05, 4.69) is 6.92 Å². The van der Waals surface area contributed by atoms with Crippen LogP contribution in [0, 0.1) is 35.0 Å². The zero-order valence-corrected chi connectivity index (χ0v) is 17.2. The summed E-state index contributed by atoms with van der Waals surface area (Å²) in [6.07, 6.45) is 7.38. The SMILES string of the molecule is CCC1(OC(=O)CCOC(=O)C(C)C(C)(C)C)C2CC3CC(C2)CC1C3. The second-order valence-electron chi connectivity index (χ2n) is 10.1. The summed E-state index contributed by atoms with van der Waals surface area (Å²) < 4.78 is 11.5. The van der Waals surface area contributed by atoms with Crippen molar-refractivity contribution in [2.45, 2.75) is 85.2 Å². The number of carbonyl (C=O) groups excluding carboxylic acids is 2. The molecular weight excluding hydrogens is 328 g/mol. The van der Waals surface area contributed by atoms with Gasteiger partial charge in [0, 0.05) is 0 Å². The molecule has 0 aliphatic heterocycles. The first-order valence-corrected chi connectivity index (χ1v) is 10.5. The van der Waals surface area contributed by atoms with E-state index in [-0.39, 0.29) is 41.9 Å². The number of esters is 2. The fraction of sp³-hybridized carbons (Fsp3) is 0.909. The van der Waals surface area contributed by atoms with E-state index >= 15 is 0 Å². The van der Waals surface area contributed by atoms with Crippen molar-refractivity contribution in [2.24, 2.45) is 35.0 Å². The normalized spacial score (nSPS) is 36.7. The van der Waals surface area contributed by atoms with Crippen LogP contribution in [0.5, 0.6) is 0 Å². The molecule has 4 aliphatic carbocycles. The topological polar surface area (TPSA) is 52.6 Å². The van der Waals surface area contributed by atoms with Gasteiger partial charge in [0.2, 0.25) is 0 Å². The van der Waals surface area contributed by atoms with Crippen LogP contribution in [0.15, 0.2) is 0 Å². The lowest BCUT2D eigenvalue weighted by Crippen LogP contribution is -2.59. The lowest BCUT2D eigenvalue weighted by Gasteiger charge is -2.60. The molecule has 0 heterocycles. The van der Waals surface area contributed by atoms with Crippen LogP contribution in [-0.4, -0.2) is 24.1 Å². The van der Waals surface area contributed by atoms with Gasteiger partial charge >= 0.3 is 11.9 Å². The number of ether oxygens (including phenoxy) is 2. The van der Waals surface area contributed by atoms with Crippen LogP contribution < -0.4 is 0 Å². The van der Waals surface area contributed by atoms with Gasteiger partial charge in [-0.3, -0.25) is 9.59 Å². The number of carbonyl (C=O) groups is 2. The maximum absolute atomic E-state index is 12.5. The van der Waals surface area contributed by atoms with Gasteiger partial charge in [0.1, 0.15) is 12.2 Å². The summed E-state index contributed by atoms with van der Waals surface area (Å²) in [5, 5.41) is 0. The van der Waals surface area contributed by atoms with Gasteiger partial charge in [-0.05, 0) is 67.6 Å². The van der Waals surface area contributed by atoms with Gasteiger partial charge < -0.3 is 9.47 Å². The second-order valence-corrected chi connectivity index (χ2v) is 10.1. The Morgan fingerprint density at radius 3 is 2.04 bits per heavy atom. The van der Waals surface area contributed by atoms with Crippen molar-refractivity contribution < 1.29 is 19.1 Å². The van der Waals surface area contributed by atoms with E-state index in [0.717, 1.165) is 18.3 Å². The molecule has 4 nitrogen and oxygen atoms in total. The fourth-order valence-electron chi connectivity index (χ4n) is 5.77. The van der Waals surface area contributed by atoms with Gasteiger partial charge in [-0.2, -0.15) is 0 Å². The van der Waals surface area contributed by atoms with E-state index in [1.54, 1.807) is 0 Å². The summed E-state index contributed by atoms with van der Waals surface area (Å²) in [4.78, 5) is 24.6. The van der Waals surface area contributed by atoms with Crippen molar-refractivity contribution in [2.75, 3.05) is 6.61 Å². The van der Waals surface area contributed by atoms with Gasteiger partial charge in [-0.15, -0.1) is 0 Å². The Hall–Kier alpha value is -1.06. The summed E-state index contributed by atoms with van der Waals surface area (Å²) in [5.41, 5.74) is -0.391. The van der Waals surface area contributed by atoms with Crippen LogP contribution in [0.2, 0.25) is 0 Å². The Bertz CT molecular complexity index is 517. The molecule has 26 heavy (non-hydrogen) atoms. The van der Waals surface area contributed by atoms with E-state index in [4.69, 9.17) is 9.47 Å².